The molecule has 0 fully saturated rings. The molecule has 0 radical (unpaired) electrons. The lowest BCUT2D eigenvalue weighted by molar-refractivity contribution is -0.126. The van der Waals surface area contributed by atoms with Crippen LogP contribution in [-0.2, 0) is 14.3 Å². The maximum Gasteiger partial charge on any atom is 0.253 e. The molecule has 5 nitrogen and oxygen atoms in total. The highest BCUT2D eigenvalue weighted by atomic mass is 16.5. The standard InChI is InChI=1S/C14H18N2O3/c1-11(19-9-5-8-18-2)14(17)16-13-7-4-3-6-12(13)10-15/h3-4,6-7,11H,5,8-9H2,1-2H3,(H,16,17). The van der Waals surface area contributed by atoms with E-state index < -0.39 is 6.10 Å². The summed E-state index contributed by atoms with van der Waals surface area (Å²) in [6, 6.07) is 8.88. The molecule has 0 bridgehead atoms. The van der Waals surface area contributed by atoms with Crippen LogP contribution in [0.25, 0.3) is 0 Å². The number of nitrogens with one attached hydrogen (secondary N) is 1. The van der Waals surface area contributed by atoms with E-state index >= 15 is 0 Å². The average Bonchev–Trinajstić information content (AvgIpc) is 2.44. The van der Waals surface area contributed by atoms with Gasteiger partial charge in [-0.3, -0.25) is 4.79 Å². The number of para-hydroxylation sites is 1. The number of anilines is 1. The van der Waals surface area contributed by atoms with Crippen LogP contribution in [-0.4, -0.2) is 32.3 Å². The number of methoxy groups -OCH3 is 1. The third-order valence-electron chi connectivity index (χ3n) is 2.54. The number of ether oxygens (including phenoxy) is 2. The van der Waals surface area contributed by atoms with E-state index in [0.29, 0.717) is 24.5 Å². The van der Waals surface area contributed by atoms with Crippen LogP contribution < -0.4 is 5.32 Å². The Labute approximate surface area is 113 Å². The summed E-state index contributed by atoms with van der Waals surface area (Å²) in [5, 5.41) is 11.6. The van der Waals surface area contributed by atoms with Gasteiger partial charge in [0.2, 0.25) is 0 Å². The van der Waals surface area contributed by atoms with Crippen molar-refractivity contribution in [2.75, 3.05) is 25.6 Å². The Hall–Kier alpha value is -1.90. The van der Waals surface area contributed by atoms with Crippen molar-refractivity contribution in [3.8, 4) is 6.07 Å². The zero-order valence-electron chi connectivity index (χ0n) is 11.2. The number of nitrogens with zero attached hydrogens (tertiary/aromatic N) is 1. The van der Waals surface area contributed by atoms with Crippen molar-refractivity contribution in [2.24, 2.45) is 0 Å². The minimum absolute atomic E-state index is 0.264. The molecular weight excluding hydrogens is 244 g/mol. The van der Waals surface area contributed by atoms with Gasteiger partial charge in [0.1, 0.15) is 12.2 Å². The van der Waals surface area contributed by atoms with Gasteiger partial charge in [-0.25, -0.2) is 0 Å². The molecule has 0 aliphatic rings. The Kier molecular flexibility index (Phi) is 6.58. The molecule has 0 aliphatic heterocycles. The third-order valence-corrected chi connectivity index (χ3v) is 2.54. The van der Waals surface area contributed by atoms with Crippen LogP contribution in [0.2, 0.25) is 0 Å². The van der Waals surface area contributed by atoms with Gasteiger partial charge in [-0.2, -0.15) is 5.26 Å². The Morgan fingerprint density at radius 2 is 2.16 bits per heavy atom. The van der Waals surface area contributed by atoms with Crippen LogP contribution in [0.3, 0.4) is 0 Å². The highest BCUT2D eigenvalue weighted by Crippen LogP contribution is 2.14. The Balaban J connectivity index is 2.48. The number of rotatable bonds is 7. The fourth-order valence-corrected chi connectivity index (χ4v) is 1.46. The number of hydrogen-bond acceptors (Lipinski definition) is 4. The molecule has 1 unspecified atom stereocenters. The van der Waals surface area contributed by atoms with E-state index in [9.17, 15) is 4.79 Å². The molecule has 102 valence electrons. The molecule has 0 heterocycles. The molecular formula is C14H18N2O3. The third kappa shape index (κ3) is 5.08. The maximum atomic E-state index is 11.9. The van der Waals surface area contributed by atoms with Crippen LogP contribution in [0.5, 0.6) is 0 Å². The molecule has 19 heavy (non-hydrogen) atoms. The SMILES string of the molecule is COCCCOC(C)C(=O)Nc1ccccc1C#N. The monoisotopic (exact) mass is 262 g/mol. The van der Waals surface area contributed by atoms with Crippen LogP contribution in [0.4, 0.5) is 5.69 Å². The number of amides is 1. The van der Waals surface area contributed by atoms with Gasteiger partial charge in [0.15, 0.2) is 0 Å². The molecule has 1 aromatic carbocycles. The van der Waals surface area contributed by atoms with E-state index in [4.69, 9.17) is 14.7 Å². The number of carbonyl (C=O) groups is 1. The Morgan fingerprint density at radius 3 is 2.84 bits per heavy atom. The van der Waals surface area contributed by atoms with Crippen LogP contribution in [0.15, 0.2) is 24.3 Å². The van der Waals surface area contributed by atoms with Crippen molar-refractivity contribution in [1.29, 1.82) is 5.26 Å². The zero-order valence-corrected chi connectivity index (χ0v) is 11.2. The van der Waals surface area contributed by atoms with Crippen LogP contribution >= 0.6 is 0 Å². The molecule has 1 aromatic rings. The van der Waals surface area contributed by atoms with E-state index in [2.05, 4.69) is 5.32 Å². The fourth-order valence-electron chi connectivity index (χ4n) is 1.46. The normalized spacial score (nSPS) is 11.6. The minimum atomic E-state index is -0.566. The first-order chi connectivity index (χ1) is 9.19. The summed E-state index contributed by atoms with van der Waals surface area (Å²) < 4.78 is 10.3. The quantitative estimate of drug-likeness (QED) is 0.762. The first-order valence-corrected chi connectivity index (χ1v) is 6.09. The lowest BCUT2D eigenvalue weighted by Gasteiger charge is -2.13. The smallest absolute Gasteiger partial charge is 0.253 e. The maximum absolute atomic E-state index is 11.9. The minimum Gasteiger partial charge on any atom is -0.385 e. The summed E-state index contributed by atoms with van der Waals surface area (Å²) in [6.45, 7) is 2.74. The summed E-state index contributed by atoms with van der Waals surface area (Å²) in [5.41, 5.74) is 0.935. The van der Waals surface area contributed by atoms with Crippen molar-refractivity contribution in [3.05, 3.63) is 29.8 Å². The Morgan fingerprint density at radius 1 is 1.42 bits per heavy atom. The second-order valence-electron chi connectivity index (χ2n) is 4.01. The van der Waals surface area contributed by atoms with Gasteiger partial charge in [0.05, 0.1) is 11.3 Å². The zero-order chi connectivity index (χ0) is 14.1. The summed E-state index contributed by atoms with van der Waals surface area (Å²) in [4.78, 5) is 11.9. The van der Waals surface area contributed by atoms with Gasteiger partial charge in [0, 0.05) is 20.3 Å². The van der Waals surface area contributed by atoms with E-state index in [0.717, 1.165) is 6.42 Å². The second-order valence-corrected chi connectivity index (χ2v) is 4.01. The van der Waals surface area contributed by atoms with Gasteiger partial charge < -0.3 is 14.8 Å². The van der Waals surface area contributed by atoms with Crippen LogP contribution in [0, 0.1) is 11.3 Å². The molecule has 0 aromatic heterocycles. The summed E-state index contributed by atoms with van der Waals surface area (Å²) in [7, 11) is 1.62. The summed E-state index contributed by atoms with van der Waals surface area (Å²) >= 11 is 0. The van der Waals surface area contributed by atoms with Gasteiger partial charge in [-0.15, -0.1) is 0 Å². The lowest BCUT2D eigenvalue weighted by Crippen LogP contribution is -2.28. The molecule has 1 N–H and O–H groups in total. The van der Waals surface area contributed by atoms with Crippen molar-refractivity contribution < 1.29 is 14.3 Å². The highest BCUT2D eigenvalue weighted by Gasteiger charge is 2.14. The lowest BCUT2D eigenvalue weighted by atomic mass is 10.2. The molecule has 1 rings (SSSR count). The van der Waals surface area contributed by atoms with E-state index in [1.807, 2.05) is 6.07 Å². The average molecular weight is 262 g/mol. The van der Waals surface area contributed by atoms with Crippen molar-refractivity contribution in [2.45, 2.75) is 19.4 Å². The second kappa shape index (κ2) is 8.25. The Bertz CT molecular complexity index is 454. The highest BCUT2D eigenvalue weighted by molar-refractivity contribution is 5.95. The van der Waals surface area contributed by atoms with Crippen molar-refractivity contribution >= 4 is 11.6 Å². The number of benzene rings is 1. The first kappa shape index (κ1) is 15.2. The molecule has 1 atom stereocenters. The van der Waals surface area contributed by atoms with Gasteiger partial charge in [-0.1, -0.05) is 12.1 Å². The van der Waals surface area contributed by atoms with Crippen molar-refractivity contribution in [3.63, 3.8) is 0 Å². The van der Waals surface area contributed by atoms with Crippen molar-refractivity contribution in [1.82, 2.24) is 0 Å². The number of nitriles is 1. The fraction of sp³-hybridized carbons (Fsp3) is 0.429. The molecule has 0 saturated carbocycles. The molecule has 1 amide bonds. The summed E-state index contributed by atoms with van der Waals surface area (Å²) in [6.07, 6.45) is 0.173. The largest absolute Gasteiger partial charge is 0.385 e. The number of hydrogen-bond donors (Lipinski definition) is 1. The van der Waals surface area contributed by atoms with Gasteiger partial charge >= 0.3 is 0 Å². The van der Waals surface area contributed by atoms with E-state index in [1.54, 1.807) is 38.3 Å². The summed E-state index contributed by atoms with van der Waals surface area (Å²) in [5.74, 6) is -0.264. The molecule has 5 heteroatoms. The molecule has 0 aliphatic carbocycles. The van der Waals surface area contributed by atoms with Crippen LogP contribution in [0.1, 0.15) is 18.9 Å². The van der Waals surface area contributed by atoms with E-state index in [-0.39, 0.29) is 5.91 Å². The molecule has 0 saturated heterocycles. The van der Waals surface area contributed by atoms with Gasteiger partial charge in [0.25, 0.3) is 5.91 Å². The van der Waals surface area contributed by atoms with E-state index in [1.165, 1.54) is 0 Å². The predicted molar refractivity (Wildman–Crippen MR) is 71.7 cm³/mol. The van der Waals surface area contributed by atoms with Gasteiger partial charge in [-0.05, 0) is 25.5 Å². The predicted octanol–water partition coefficient (Wildman–Crippen LogP) is 1.94. The molecule has 0 spiro atoms. The first-order valence-electron chi connectivity index (χ1n) is 6.09. The number of carbonyl (C=O) groups excluding carboxylic acids is 1. The topological polar surface area (TPSA) is 71.3 Å².